The Morgan fingerprint density at radius 3 is 2.80 bits per heavy atom. The first kappa shape index (κ1) is 13.9. The van der Waals surface area contributed by atoms with Crippen LogP contribution in [0.3, 0.4) is 0 Å². The zero-order chi connectivity index (χ0) is 14.7. The molecule has 0 saturated carbocycles. The summed E-state index contributed by atoms with van der Waals surface area (Å²) < 4.78 is 31.2. The van der Waals surface area contributed by atoms with Gasteiger partial charge in [0.2, 0.25) is 11.6 Å². The van der Waals surface area contributed by atoms with Gasteiger partial charge in [0, 0.05) is 5.56 Å². The molecule has 1 heterocycles. The highest BCUT2D eigenvalue weighted by molar-refractivity contribution is 5.98. The Bertz CT molecular complexity index is 662. The second kappa shape index (κ2) is 5.60. The molecule has 0 amide bonds. The minimum Gasteiger partial charge on any atom is -0.503 e. The maximum absolute atomic E-state index is 13.4. The van der Waals surface area contributed by atoms with E-state index in [1.165, 1.54) is 12.3 Å². The Balaban J connectivity index is 2.12. The number of hydrogen-bond acceptors (Lipinski definition) is 5. The predicted octanol–water partition coefficient (Wildman–Crippen LogP) is 2.03. The van der Waals surface area contributed by atoms with E-state index < -0.39 is 35.5 Å². The van der Waals surface area contributed by atoms with E-state index in [1.807, 2.05) is 0 Å². The van der Waals surface area contributed by atoms with Crippen molar-refractivity contribution in [3.63, 3.8) is 0 Å². The molecule has 2 aromatic rings. The molecule has 0 radical (unpaired) electrons. The molecule has 5 nitrogen and oxygen atoms in total. The van der Waals surface area contributed by atoms with Crippen molar-refractivity contribution >= 4 is 5.78 Å². The number of carbonyl (C=O) groups excluding carboxylic acids is 1. The van der Waals surface area contributed by atoms with Crippen molar-refractivity contribution in [3.05, 3.63) is 47.3 Å². The van der Waals surface area contributed by atoms with E-state index in [2.05, 4.69) is 10.2 Å². The van der Waals surface area contributed by atoms with Crippen LogP contribution < -0.4 is 4.74 Å². The SMILES string of the molecule is Cc1nnccc1C(=O)COc1ccc(F)c(O)c1F. The molecule has 2 rings (SSSR count). The van der Waals surface area contributed by atoms with Gasteiger partial charge < -0.3 is 9.84 Å². The molecular formula is C13H10F2N2O3. The number of aryl methyl sites for hydroxylation is 1. The monoisotopic (exact) mass is 280 g/mol. The van der Waals surface area contributed by atoms with E-state index in [4.69, 9.17) is 9.84 Å². The van der Waals surface area contributed by atoms with Gasteiger partial charge in [0.25, 0.3) is 0 Å². The van der Waals surface area contributed by atoms with E-state index in [9.17, 15) is 13.6 Å². The molecule has 0 aliphatic rings. The van der Waals surface area contributed by atoms with Crippen LogP contribution in [-0.4, -0.2) is 27.7 Å². The Kier molecular flexibility index (Phi) is 3.88. The van der Waals surface area contributed by atoms with Gasteiger partial charge >= 0.3 is 0 Å². The van der Waals surface area contributed by atoms with Gasteiger partial charge in [0.15, 0.2) is 23.9 Å². The number of hydrogen-bond donors (Lipinski definition) is 1. The number of carbonyl (C=O) groups is 1. The van der Waals surface area contributed by atoms with Crippen LogP contribution in [0, 0.1) is 18.6 Å². The van der Waals surface area contributed by atoms with E-state index >= 15 is 0 Å². The lowest BCUT2D eigenvalue weighted by molar-refractivity contribution is 0.0916. The number of Topliss-reactive ketones (excluding diaryl/α,β-unsaturated/α-hetero) is 1. The number of ketones is 1. The van der Waals surface area contributed by atoms with E-state index in [0.717, 1.165) is 12.1 Å². The van der Waals surface area contributed by atoms with Gasteiger partial charge in [-0.2, -0.15) is 14.6 Å². The number of nitrogens with zero attached hydrogens (tertiary/aromatic N) is 2. The molecule has 0 bridgehead atoms. The van der Waals surface area contributed by atoms with Crippen molar-refractivity contribution in [1.82, 2.24) is 10.2 Å². The molecule has 0 fully saturated rings. The van der Waals surface area contributed by atoms with Crippen LogP contribution in [0.1, 0.15) is 16.1 Å². The van der Waals surface area contributed by atoms with Crippen LogP contribution in [-0.2, 0) is 0 Å². The van der Waals surface area contributed by atoms with Crippen LogP contribution in [0.15, 0.2) is 24.4 Å². The number of halogens is 2. The third kappa shape index (κ3) is 2.71. The van der Waals surface area contributed by atoms with Gasteiger partial charge in [0.05, 0.1) is 11.9 Å². The summed E-state index contributed by atoms with van der Waals surface area (Å²) in [6, 6.07) is 3.30. The second-order valence-electron chi connectivity index (χ2n) is 3.95. The Hall–Kier alpha value is -2.57. The topological polar surface area (TPSA) is 72.3 Å². The third-order valence-electron chi connectivity index (χ3n) is 2.60. The predicted molar refractivity (Wildman–Crippen MR) is 64.6 cm³/mol. The van der Waals surface area contributed by atoms with E-state index in [-0.39, 0.29) is 0 Å². The third-order valence-corrected chi connectivity index (χ3v) is 2.60. The summed E-state index contributed by atoms with van der Waals surface area (Å²) in [5, 5.41) is 16.4. The quantitative estimate of drug-likeness (QED) is 0.867. The summed E-state index contributed by atoms with van der Waals surface area (Å²) in [6.07, 6.45) is 1.35. The largest absolute Gasteiger partial charge is 0.503 e. The number of phenolic OH excluding ortho intramolecular Hbond substituents is 1. The van der Waals surface area contributed by atoms with Crippen LogP contribution in [0.4, 0.5) is 8.78 Å². The summed E-state index contributed by atoms with van der Waals surface area (Å²) in [4.78, 5) is 11.9. The van der Waals surface area contributed by atoms with Crippen molar-refractivity contribution in [2.75, 3.05) is 6.61 Å². The van der Waals surface area contributed by atoms with Crippen LogP contribution in [0.25, 0.3) is 0 Å². The van der Waals surface area contributed by atoms with Gasteiger partial charge in [0.1, 0.15) is 0 Å². The lowest BCUT2D eigenvalue weighted by Crippen LogP contribution is -2.14. The van der Waals surface area contributed by atoms with Crippen molar-refractivity contribution < 1.29 is 23.4 Å². The molecule has 0 aliphatic heterocycles. The molecule has 1 N–H and O–H groups in total. The molecule has 0 atom stereocenters. The van der Waals surface area contributed by atoms with Crippen molar-refractivity contribution in [1.29, 1.82) is 0 Å². The smallest absolute Gasteiger partial charge is 0.209 e. The summed E-state index contributed by atoms with van der Waals surface area (Å²) in [5.41, 5.74) is 0.718. The van der Waals surface area contributed by atoms with Crippen molar-refractivity contribution in [2.24, 2.45) is 0 Å². The first-order valence-corrected chi connectivity index (χ1v) is 5.62. The lowest BCUT2D eigenvalue weighted by atomic mass is 10.1. The molecule has 0 saturated heterocycles. The number of aromatic hydroxyl groups is 1. The molecule has 0 spiro atoms. The molecule has 20 heavy (non-hydrogen) atoms. The lowest BCUT2D eigenvalue weighted by Gasteiger charge is -2.08. The molecule has 1 aromatic heterocycles. The second-order valence-corrected chi connectivity index (χ2v) is 3.95. The van der Waals surface area contributed by atoms with E-state index in [1.54, 1.807) is 6.92 Å². The Labute approximate surface area is 112 Å². The number of aromatic nitrogens is 2. The van der Waals surface area contributed by atoms with Crippen molar-refractivity contribution in [3.8, 4) is 11.5 Å². The van der Waals surface area contributed by atoms with Gasteiger partial charge in [-0.3, -0.25) is 4.79 Å². The highest BCUT2D eigenvalue weighted by Gasteiger charge is 2.16. The standard InChI is InChI=1S/C13H10F2N2O3/c1-7-8(4-5-16-17-7)10(18)6-20-11-3-2-9(14)13(19)12(11)15/h2-5,19H,6H2,1H3. The van der Waals surface area contributed by atoms with Gasteiger partial charge in [-0.25, -0.2) is 4.39 Å². The minimum atomic E-state index is -1.25. The maximum atomic E-state index is 13.4. The van der Waals surface area contributed by atoms with Crippen LogP contribution in [0.2, 0.25) is 0 Å². The highest BCUT2D eigenvalue weighted by atomic mass is 19.1. The number of phenols is 1. The zero-order valence-electron chi connectivity index (χ0n) is 10.4. The fourth-order valence-electron chi connectivity index (χ4n) is 1.55. The van der Waals surface area contributed by atoms with Gasteiger partial charge in [-0.05, 0) is 25.1 Å². The summed E-state index contributed by atoms with van der Waals surface area (Å²) in [5.74, 6) is -4.33. The first-order chi connectivity index (χ1) is 9.50. The Morgan fingerprint density at radius 2 is 2.10 bits per heavy atom. The number of benzene rings is 1. The first-order valence-electron chi connectivity index (χ1n) is 5.62. The van der Waals surface area contributed by atoms with Crippen LogP contribution >= 0.6 is 0 Å². The number of ether oxygens (including phenoxy) is 1. The molecule has 0 aliphatic carbocycles. The number of rotatable bonds is 4. The Morgan fingerprint density at radius 1 is 1.35 bits per heavy atom. The summed E-state index contributed by atoms with van der Waals surface area (Å²) in [6.45, 7) is 1.14. The molecular weight excluding hydrogens is 270 g/mol. The average molecular weight is 280 g/mol. The zero-order valence-corrected chi connectivity index (χ0v) is 10.4. The summed E-state index contributed by atoms with van der Waals surface area (Å²) >= 11 is 0. The molecule has 7 heteroatoms. The minimum absolute atomic E-state index is 0.298. The fourth-order valence-corrected chi connectivity index (χ4v) is 1.55. The van der Waals surface area contributed by atoms with Gasteiger partial charge in [-0.1, -0.05) is 0 Å². The maximum Gasteiger partial charge on any atom is 0.209 e. The molecule has 0 unspecified atom stereocenters. The van der Waals surface area contributed by atoms with Crippen molar-refractivity contribution in [2.45, 2.75) is 6.92 Å². The fraction of sp³-hybridized carbons (Fsp3) is 0.154. The highest BCUT2D eigenvalue weighted by Crippen LogP contribution is 2.28. The molecule has 1 aromatic carbocycles. The average Bonchev–Trinajstić information content (AvgIpc) is 2.44. The van der Waals surface area contributed by atoms with Crippen LogP contribution in [0.5, 0.6) is 11.5 Å². The van der Waals surface area contributed by atoms with E-state index in [0.29, 0.717) is 11.3 Å². The summed E-state index contributed by atoms with van der Waals surface area (Å²) in [7, 11) is 0. The molecule has 104 valence electrons. The normalized spacial score (nSPS) is 10.3. The van der Waals surface area contributed by atoms with Gasteiger partial charge in [-0.15, -0.1) is 0 Å².